The molecule has 0 saturated heterocycles. The van der Waals surface area contributed by atoms with E-state index in [1.165, 1.54) is 11.1 Å². The second kappa shape index (κ2) is 9.79. The minimum atomic E-state index is 0.139. The van der Waals surface area contributed by atoms with E-state index in [1.54, 1.807) is 18.7 Å². The summed E-state index contributed by atoms with van der Waals surface area (Å²) in [5.41, 5.74) is 4.61. The predicted octanol–water partition coefficient (Wildman–Crippen LogP) is 5.27. The first-order valence-corrected chi connectivity index (χ1v) is 12.0. The lowest BCUT2D eigenvalue weighted by molar-refractivity contribution is 0.101. The van der Waals surface area contributed by atoms with Crippen molar-refractivity contribution >= 4 is 17.5 Å². The highest BCUT2D eigenvalue weighted by Crippen LogP contribution is 2.28. The van der Waals surface area contributed by atoms with Gasteiger partial charge >= 0.3 is 0 Å². The summed E-state index contributed by atoms with van der Waals surface area (Å²) in [6.07, 6.45) is 2.15. The SMILES string of the molecule is CC(=O)c1ccc2c(c1)CN(CCCSc1nnc(-c3ccccc3)n1C(C)C)CC2. The highest BCUT2D eigenvalue weighted by atomic mass is 32.2. The van der Waals surface area contributed by atoms with E-state index in [4.69, 9.17) is 0 Å². The third-order valence-electron chi connectivity index (χ3n) is 5.77. The van der Waals surface area contributed by atoms with Crippen LogP contribution in [-0.4, -0.2) is 44.3 Å². The largest absolute Gasteiger partial charge is 0.299 e. The summed E-state index contributed by atoms with van der Waals surface area (Å²) in [6.45, 7) is 9.07. The molecule has 2 aromatic carbocycles. The number of nitrogens with zero attached hydrogens (tertiary/aromatic N) is 4. The van der Waals surface area contributed by atoms with E-state index in [9.17, 15) is 4.79 Å². The molecule has 5 nitrogen and oxygen atoms in total. The molecule has 0 amide bonds. The highest BCUT2D eigenvalue weighted by Gasteiger charge is 2.19. The van der Waals surface area contributed by atoms with Crippen LogP contribution in [0.5, 0.6) is 0 Å². The lowest BCUT2D eigenvalue weighted by Gasteiger charge is -2.29. The molecule has 0 atom stereocenters. The van der Waals surface area contributed by atoms with Gasteiger partial charge in [0, 0.05) is 36.0 Å². The molecule has 0 saturated carbocycles. The summed E-state index contributed by atoms with van der Waals surface area (Å²) in [7, 11) is 0. The number of rotatable bonds is 8. The molecule has 0 radical (unpaired) electrons. The van der Waals surface area contributed by atoms with Crippen molar-refractivity contribution in [1.82, 2.24) is 19.7 Å². The van der Waals surface area contributed by atoms with Gasteiger partial charge in [-0.05, 0) is 57.4 Å². The Bertz CT molecular complexity index is 1040. The molecule has 1 aromatic heterocycles. The third kappa shape index (κ3) is 5.08. The summed E-state index contributed by atoms with van der Waals surface area (Å²) in [4.78, 5) is 14.2. The molecule has 0 fully saturated rings. The van der Waals surface area contributed by atoms with Gasteiger partial charge in [0.1, 0.15) is 0 Å². The fourth-order valence-electron chi connectivity index (χ4n) is 4.10. The highest BCUT2D eigenvalue weighted by molar-refractivity contribution is 7.99. The average Bonchev–Trinajstić information content (AvgIpc) is 3.21. The predicted molar refractivity (Wildman–Crippen MR) is 127 cm³/mol. The number of Topliss-reactive ketones (excluding diaryl/α,β-unsaturated/α-hetero) is 1. The monoisotopic (exact) mass is 434 g/mol. The van der Waals surface area contributed by atoms with Crippen LogP contribution in [0.25, 0.3) is 11.4 Å². The number of hydrogen-bond acceptors (Lipinski definition) is 5. The van der Waals surface area contributed by atoms with Crippen molar-refractivity contribution in [3.63, 3.8) is 0 Å². The number of benzene rings is 2. The van der Waals surface area contributed by atoms with Crippen molar-refractivity contribution in [3.8, 4) is 11.4 Å². The van der Waals surface area contributed by atoms with E-state index in [-0.39, 0.29) is 5.78 Å². The first-order valence-electron chi connectivity index (χ1n) is 11.0. The maximum Gasteiger partial charge on any atom is 0.191 e. The standard InChI is InChI=1S/C25H30N4OS/c1-18(2)29-24(21-8-5-4-6-9-21)26-27-25(29)31-15-7-13-28-14-12-20-10-11-22(19(3)30)16-23(20)17-28/h4-6,8-11,16,18H,7,12-15,17H2,1-3H3. The molecule has 0 bridgehead atoms. The molecule has 0 spiro atoms. The minimum absolute atomic E-state index is 0.139. The van der Waals surface area contributed by atoms with Gasteiger partial charge in [0.15, 0.2) is 16.8 Å². The summed E-state index contributed by atoms with van der Waals surface area (Å²) in [5, 5.41) is 9.95. The van der Waals surface area contributed by atoms with Gasteiger partial charge in [-0.15, -0.1) is 10.2 Å². The number of hydrogen-bond donors (Lipinski definition) is 0. The normalized spacial score (nSPS) is 14.1. The van der Waals surface area contributed by atoms with Crippen molar-refractivity contribution < 1.29 is 4.79 Å². The first kappa shape index (κ1) is 21.8. The van der Waals surface area contributed by atoms with Crippen molar-refractivity contribution in [1.29, 1.82) is 0 Å². The number of thioether (sulfide) groups is 1. The van der Waals surface area contributed by atoms with Crippen LogP contribution in [0.4, 0.5) is 0 Å². The Kier molecular flexibility index (Phi) is 6.88. The quantitative estimate of drug-likeness (QED) is 0.275. The summed E-state index contributed by atoms with van der Waals surface area (Å²) < 4.78 is 2.24. The van der Waals surface area contributed by atoms with E-state index in [1.807, 2.05) is 24.3 Å². The Balaban J connectivity index is 1.34. The molecule has 1 aliphatic rings. The molecular weight excluding hydrogens is 404 g/mol. The van der Waals surface area contributed by atoms with Gasteiger partial charge in [0.2, 0.25) is 0 Å². The van der Waals surface area contributed by atoms with Crippen LogP contribution in [0.3, 0.4) is 0 Å². The molecule has 31 heavy (non-hydrogen) atoms. The molecule has 6 heteroatoms. The van der Waals surface area contributed by atoms with Gasteiger partial charge in [-0.1, -0.05) is 54.2 Å². The van der Waals surface area contributed by atoms with Crippen LogP contribution in [0.2, 0.25) is 0 Å². The van der Waals surface area contributed by atoms with Gasteiger partial charge in [0.25, 0.3) is 0 Å². The lowest BCUT2D eigenvalue weighted by atomic mass is 9.96. The van der Waals surface area contributed by atoms with Crippen molar-refractivity contribution in [2.24, 2.45) is 0 Å². The van der Waals surface area contributed by atoms with Gasteiger partial charge in [-0.25, -0.2) is 0 Å². The van der Waals surface area contributed by atoms with Crippen molar-refractivity contribution in [3.05, 3.63) is 65.2 Å². The van der Waals surface area contributed by atoms with Crippen molar-refractivity contribution in [2.45, 2.75) is 51.4 Å². The zero-order chi connectivity index (χ0) is 21.8. The van der Waals surface area contributed by atoms with E-state index in [0.717, 1.165) is 60.3 Å². The number of aromatic nitrogens is 3. The maximum absolute atomic E-state index is 11.7. The second-order valence-electron chi connectivity index (χ2n) is 8.40. The Labute approximate surface area is 188 Å². The van der Waals surface area contributed by atoms with E-state index in [0.29, 0.717) is 6.04 Å². The molecule has 4 rings (SSSR count). The Morgan fingerprint density at radius 2 is 1.90 bits per heavy atom. The van der Waals surface area contributed by atoms with E-state index in [2.05, 4.69) is 57.8 Å². The first-order chi connectivity index (χ1) is 15.0. The molecule has 0 unspecified atom stereocenters. The zero-order valence-electron chi connectivity index (χ0n) is 18.5. The third-order valence-corrected chi connectivity index (χ3v) is 6.80. The average molecular weight is 435 g/mol. The number of carbonyl (C=O) groups excluding carboxylic acids is 1. The van der Waals surface area contributed by atoms with Gasteiger partial charge in [-0.3, -0.25) is 14.3 Å². The fraction of sp³-hybridized carbons (Fsp3) is 0.400. The summed E-state index contributed by atoms with van der Waals surface area (Å²) in [6, 6.07) is 16.7. The molecule has 0 N–H and O–H groups in total. The lowest BCUT2D eigenvalue weighted by Crippen LogP contribution is -2.31. The van der Waals surface area contributed by atoms with Gasteiger partial charge in [-0.2, -0.15) is 0 Å². The van der Waals surface area contributed by atoms with Crippen LogP contribution < -0.4 is 0 Å². The number of carbonyl (C=O) groups is 1. The van der Waals surface area contributed by atoms with Crippen LogP contribution in [0.15, 0.2) is 53.7 Å². The smallest absolute Gasteiger partial charge is 0.191 e. The Morgan fingerprint density at radius 3 is 2.65 bits per heavy atom. The Hall–Kier alpha value is -2.44. The molecule has 1 aliphatic heterocycles. The molecule has 0 aliphatic carbocycles. The van der Waals surface area contributed by atoms with Crippen LogP contribution in [0.1, 0.15) is 54.7 Å². The number of fused-ring (bicyclic) bond motifs is 1. The van der Waals surface area contributed by atoms with Gasteiger partial charge in [0.05, 0.1) is 0 Å². The van der Waals surface area contributed by atoms with Crippen LogP contribution in [-0.2, 0) is 13.0 Å². The summed E-state index contributed by atoms with van der Waals surface area (Å²) >= 11 is 1.79. The van der Waals surface area contributed by atoms with E-state index >= 15 is 0 Å². The fourth-order valence-corrected chi connectivity index (χ4v) is 5.09. The minimum Gasteiger partial charge on any atom is -0.299 e. The van der Waals surface area contributed by atoms with Crippen LogP contribution in [0, 0.1) is 0 Å². The van der Waals surface area contributed by atoms with Gasteiger partial charge < -0.3 is 0 Å². The number of ketones is 1. The summed E-state index contributed by atoms with van der Waals surface area (Å²) in [5.74, 6) is 2.09. The molecule has 3 aromatic rings. The maximum atomic E-state index is 11.7. The van der Waals surface area contributed by atoms with Crippen LogP contribution >= 0.6 is 11.8 Å². The zero-order valence-corrected chi connectivity index (χ0v) is 19.4. The second-order valence-corrected chi connectivity index (χ2v) is 9.47. The van der Waals surface area contributed by atoms with E-state index < -0.39 is 0 Å². The van der Waals surface area contributed by atoms with Crippen molar-refractivity contribution in [2.75, 3.05) is 18.8 Å². The molecule has 162 valence electrons. The molecular formula is C25H30N4OS. The molecule has 2 heterocycles. The topological polar surface area (TPSA) is 51.0 Å². The Morgan fingerprint density at radius 1 is 1.10 bits per heavy atom.